The number of carboxylic acids is 1. The maximum atomic E-state index is 10.6. The van der Waals surface area contributed by atoms with Gasteiger partial charge in [0.15, 0.2) is 0 Å². The summed E-state index contributed by atoms with van der Waals surface area (Å²) >= 11 is 0. The first-order chi connectivity index (χ1) is 6.61. The van der Waals surface area contributed by atoms with E-state index in [1.807, 2.05) is 4.90 Å². The number of likely N-dealkylation sites (N-methyl/N-ethyl adjacent to an activating group) is 1. The van der Waals surface area contributed by atoms with Gasteiger partial charge in [-0.25, -0.2) is 0 Å². The van der Waals surface area contributed by atoms with Crippen LogP contribution in [0.5, 0.6) is 0 Å². The molecule has 4 nitrogen and oxygen atoms in total. The second kappa shape index (κ2) is 5.32. The van der Waals surface area contributed by atoms with Crippen molar-refractivity contribution in [2.24, 2.45) is 5.92 Å². The summed E-state index contributed by atoms with van der Waals surface area (Å²) in [6, 6.07) is 0.461. The molecule has 0 aliphatic carbocycles. The Labute approximate surface area is 85.3 Å². The first-order valence-corrected chi connectivity index (χ1v) is 5.29. The average Bonchev–Trinajstić information content (AvgIpc) is 2.01. The standard InChI is InChI=1S/C10H20N2O2/c1-3-11-9-4-8(2)5-12(6-9)7-10(13)14/h8-9,11H,3-7H2,1-2H3,(H,13,14). The normalized spacial score (nSPS) is 29.0. The smallest absolute Gasteiger partial charge is 0.317 e. The van der Waals surface area contributed by atoms with Crippen molar-refractivity contribution in [2.75, 3.05) is 26.2 Å². The van der Waals surface area contributed by atoms with Gasteiger partial charge in [-0.2, -0.15) is 0 Å². The van der Waals surface area contributed by atoms with Crippen molar-refractivity contribution in [3.8, 4) is 0 Å². The van der Waals surface area contributed by atoms with Gasteiger partial charge in [0.1, 0.15) is 0 Å². The van der Waals surface area contributed by atoms with Crippen molar-refractivity contribution in [2.45, 2.75) is 26.3 Å². The molecule has 0 radical (unpaired) electrons. The van der Waals surface area contributed by atoms with Crippen molar-refractivity contribution in [3.05, 3.63) is 0 Å². The molecule has 0 aromatic carbocycles. The highest BCUT2D eigenvalue weighted by Gasteiger charge is 2.24. The van der Waals surface area contributed by atoms with E-state index in [1.54, 1.807) is 0 Å². The number of nitrogens with one attached hydrogen (secondary N) is 1. The number of carboxylic acid groups (broad SMARTS) is 1. The predicted molar refractivity (Wildman–Crippen MR) is 55.3 cm³/mol. The topological polar surface area (TPSA) is 52.6 Å². The highest BCUT2D eigenvalue weighted by molar-refractivity contribution is 5.69. The summed E-state index contributed by atoms with van der Waals surface area (Å²) < 4.78 is 0. The van der Waals surface area contributed by atoms with Crippen LogP contribution in [0.4, 0.5) is 0 Å². The van der Waals surface area contributed by atoms with E-state index in [2.05, 4.69) is 19.2 Å². The Morgan fingerprint density at radius 2 is 2.29 bits per heavy atom. The van der Waals surface area contributed by atoms with Crippen molar-refractivity contribution >= 4 is 5.97 Å². The van der Waals surface area contributed by atoms with E-state index in [4.69, 9.17) is 5.11 Å². The predicted octanol–water partition coefficient (Wildman–Crippen LogP) is 0.391. The zero-order chi connectivity index (χ0) is 10.6. The first kappa shape index (κ1) is 11.5. The Hall–Kier alpha value is -0.610. The van der Waals surface area contributed by atoms with Gasteiger partial charge in [-0.05, 0) is 18.9 Å². The second-order valence-electron chi connectivity index (χ2n) is 4.18. The van der Waals surface area contributed by atoms with Crippen molar-refractivity contribution in [3.63, 3.8) is 0 Å². The quantitative estimate of drug-likeness (QED) is 0.689. The zero-order valence-electron chi connectivity index (χ0n) is 8.99. The average molecular weight is 200 g/mol. The second-order valence-corrected chi connectivity index (χ2v) is 4.18. The van der Waals surface area contributed by atoms with E-state index in [-0.39, 0.29) is 6.54 Å². The Bertz CT molecular complexity index is 197. The van der Waals surface area contributed by atoms with E-state index >= 15 is 0 Å². The highest BCUT2D eigenvalue weighted by atomic mass is 16.4. The van der Waals surface area contributed by atoms with Gasteiger partial charge < -0.3 is 10.4 Å². The van der Waals surface area contributed by atoms with Gasteiger partial charge in [0, 0.05) is 19.1 Å². The number of aliphatic carboxylic acids is 1. The van der Waals surface area contributed by atoms with Crippen LogP contribution in [-0.2, 0) is 4.79 Å². The maximum absolute atomic E-state index is 10.6. The molecule has 2 unspecified atom stereocenters. The molecular weight excluding hydrogens is 180 g/mol. The third-order valence-electron chi connectivity index (χ3n) is 2.59. The summed E-state index contributed by atoms with van der Waals surface area (Å²) in [6.45, 7) is 7.17. The van der Waals surface area contributed by atoms with E-state index in [9.17, 15) is 4.79 Å². The SMILES string of the molecule is CCNC1CC(C)CN(CC(=O)O)C1. The van der Waals surface area contributed by atoms with Crippen LogP contribution in [0, 0.1) is 5.92 Å². The lowest BCUT2D eigenvalue weighted by Crippen LogP contribution is -2.49. The lowest BCUT2D eigenvalue weighted by atomic mass is 9.96. The molecule has 0 spiro atoms. The van der Waals surface area contributed by atoms with Crippen molar-refractivity contribution in [1.29, 1.82) is 0 Å². The lowest BCUT2D eigenvalue weighted by molar-refractivity contribution is -0.138. The molecule has 1 fully saturated rings. The molecule has 1 heterocycles. The molecule has 0 bridgehead atoms. The van der Waals surface area contributed by atoms with E-state index in [1.165, 1.54) is 0 Å². The summed E-state index contributed by atoms with van der Waals surface area (Å²) in [5.74, 6) is -0.138. The van der Waals surface area contributed by atoms with Crippen LogP contribution >= 0.6 is 0 Å². The van der Waals surface area contributed by atoms with Crippen LogP contribution in [0.2, 0.25) is 0 Å². The Morgan fingerprint density at radius 1 is 1.57 bits per heavy atom. The molecule has 0 saturated carbocycles. The van der Waals surface area contributed by atoms with Crippen LogP contribution < -0.4 is 5.32 Å². The fourth-order valence-electron chi connectivity index (χ4n) is 2.22. The molecular formula is C10H20N2O2. The van der Waals surface area contributed by atoms with Crippen LogP contribution in [0.3, 0.4) is 0 Å². The zero-order valence-corrected chi connectivity index (χ0v) is 8.99. The molecule has 1 saturated heterocycles. The monoisotopic (exact) mass is 200 g/mol. The Morgan fingerprint density at radius 3 is 2.86 bits per heavy atom. The van der Waals surface area contributed by atoms with E-state index in [0.717, 1.165) is 26.1 Å². The van der Waals surface area contributed by atoms with Gasteiger partial charge in [0.25, 0.3) is 0 Å². The molecule has 4 heteroatoms. The lowest BCUT2D eigenvalue weighted by Gasteiger charge is -2.35. The molecule has 0 aromatic heterocycles. The molecule has 2 N–H and O–H groups in total. The van der Waals surface area contributed by atoms with Crippen LogP contribution in [-0.4, -0.2) is 48.2 Å². The van der Waals surface area contributed by atoms with Crippen LogP contribution in [0.1, 0.15) is 20.3 Å². The number of hydrogen-bond donors (Lipinski definition) is 2. The van der Waals surface area contributed by atoms with Gasteiger partial charge in [-0.15, -0.1) is 0 Å². The van der Waals surface area contributed by atoms with Crippen molar-refractivity contribution < 1.29 is 9.90 Å². The summed E-state index contributed by atoms with van der Waals surface area (Å²) in [5.41, 5.74) is 0. The van der Waals surface area contributed by atoms with Gasteiger partial charge in [-0.3, -0.25) is 9.69 Å². The maximum Gasteiger partial charge on any atom is 0.317 e. The number of piperidine rings is 1. The van der Waals surface area contributed by atoms with Gasteiger partial charge in [0.2, 0.25) is 0 Å². The summed E-state index contributed by atoms with van der Waals surface area (Å²) in [5, 5.41) is 12.1. The summed E-state index contributed by atoms with van der Waals surface area (Å²) in [7, 11) is 0. The third-order valence-corrected chi connectivity index (χ3v) is 2.59. The van der Waals surface area contributed by atoms with Gasteiger partial charge in [-0.1, -0.05) is 13.8 Å². The largest absolute Gasteiger partial charge is 0.480 e. The van der Waals surface area contributed by atoms with E-state index in [0.29, 0.717) is 12.0 Å². The minimum Gasteiger partial charge on any atom is -0.480 e. The molecule has 1 aliphatic heterocycles. The first-order valence-electron chi connectivity index (χ1n) is 5.29. The minimum atomic E-state index is -0.727. The number of likely N-dealkylation sites (tertiary alicyclic amines) is 1. The summed E-state index contributed by atoms with van der Waals surface area (Å²) in [4.78, 5) is 12.6. The number of hydrogen-bond acceptors (Lipinski definition) is 3. The summed E-state index contributed by atoms with van der Waals surface area (Å²) in [6.07, 6.45) is 1.16. The third kappa shape index (κ3) is 3.64. The molecule has 2 atom stereocenters. The van der Waals surface area contributed by atoms with Gasteiger partial charge in [0.05, 0.1) is 6.54 Å². The molecule has 14 heavy (non-hydrogen) atoms. The fraction of sp³-hybridized carbons (Fsp3) is 0.900. The highest BCUT2D eigenvalue weighted by Crippen LogP contribution is 2.15. The fourth-order valence-corrected chi connectivity index (χ4v) is 2.22. The van der Waals surface area contributed by atoms with Crippen LogP contribution in [0.25, 0.3) is 0 Å². The van der Waals surface area contributed by atoms with Gasteiger partial charge >= 0.3 is 5.97 Å². The minimum absolute atomic E-state index is 0.173. The molecule has 1 aliphatic rings. The van der Waals surface area contributed by atoms with E-state index < -0.39 is 5.97 Å². The molecule has 82 valence electrons. The van der Waals surface area contributed by atoms with Crippen molar-refractivity contribution in [1.82, 2.24) is 10.2 Å². The number of nitrogens with zero attached hydrogens (tertiary/aromatic N) is 1. The molecule has 0 aromatic rings. The van der Waals surface area contributed by atoms with Crippen LogP contribution in [0.15, 0.2) is 0 Å². The number of carbonyl (C=O) groups is 1. The molecule has 1 rings (SSSR count). The Balaban J connectivity index is 2.41. The number of rotatable bonds is 4. The Kier molecular flexibility index (Phi) is 4.35. The molecule has 0 amide bonds.